The maximum Gasteiger partial charge on any atom is 0.265 e. The maximum atomic E-state index is 10.5. The van der Waals surface area contributed by atoms with Crippen LogP contribution >= 0.6 is 0 Å². The summed E-state index contributed by atoms with van der Waals surface area (Å²) < 4.78 is 30.4. The zero-order chi connectivity index (χ0) is 12.3. The number of hydrogen-bond acceptors (Lipinski definition) is 5. The molecule has 0 rings (SSSR count). The monoisotopic (exact) mass is 245 g/mol. The standard InChI is InChI=1S/C10H15NO4S/c1-3-14-10-11-8-6-4-5-7-9-15-16(2,12)13/h11H,3,8-10H2,1-2H3. The van der Waals surface area contributed by atoms with Crippen molar-refractivity contribution in [2.45, 2.75) is 6.92 Å². The van der Waals surface area contributed by atoms with Gasteiger partial charge >= 0.3 is 0 Å². The Morgan fingerprint density at radius 2 is 1.94 bits per heavy atom. The van der Waals surface area contributed by atoms with Crippen molar-refractivity contribution in [3.8, 4) is 23.7 Å². The molecule has 5 nitrogen and oxygen atoms in total. The number of rotatable bonds is 6. The van der Waals surface area contributed by atoms with Crippen LogP contribution in [0.15, 0.2) is 0 Å². The third-order valence-corrected chi connectivity index (χ3v) is 1.75. The van der Waals surface area contributed by atoms with Gasteiger partial charge in [0.15, 0.2) is 0 Å². The SMILES string of the molecule is CCOCNCC#CC#CCOS(C)(=O)=O. The molecule has 0 aromatic rings. The molecule has 0 aromatic heterocycles. The Morgan fingerprint density at radius 1 is 1.25 bits per heavy atom. The molecule has 16 heavy (non-hydrogen) atoms. The van der Waals surface area contributed by atoms with E-state index in [-0.39, 0.29) is 6.61 Å². The van der Waals surface area contributed by atoms with Crippen molar-refractivity contribution in [2.75, 3.05) is 32.7 Å². The highest BCUT2D eigenvalue weighted by atomic mass is 32.2. The van der Waals surface area contributed by atoms with Gasteiger partial charge < -0.3 is 4.74 Å². The zero-order valence-corrected chi connectivity index (χ0v) is 10.2. The van der Waals surface area contributed by atoms with E-state index < -0.39 is 10.1 Å². The molecular formula is C10H15NO4S. The van der Waals surface area contributed by atoms with Crippen LogP contribution in [0.4, 0.5) is 0 Å². The average Bonchev–Trinajstić information content (AvgIpc) is 2.19. The second kappa shape index (κ2) is 9.20. The van der Waals surface area contributed by atoms with Crippen molar-refractivity contribution >= 4 is 10.1 Å². The van der Waals surface area contributed by atoms with Gasteiger partial charge in [-0.05, 0) is 18.8 Å². The predicted molar refractivity (Wildman–Crippen MR) is 60.8 cm³/mol. The normalized spacial score (nSPS) is 9.88. The van der Waals surface area contributed by atoms with E-state index in [4.69, 9.17) is 4.74 Å². The number of ether oxygens (including phenoxy) is 1. The van der Waals surface area contributed by atoms with Crippen LogP contribution in [0.1, 0.15) is 6.92 Å². The zero-order valence-electron chi connectivity index (χ0n) is 9.37. The van der Waals surface area contributed by atoms with Gasteiger partial charge in [-0.2, -0.15) is 8.42 Å². The molecule has 0 amide bonds. The molecule has 0 saturated heterocycles. The predicted octanol–water partition coefficient (Wildman–Crippen LogP) is -0.447. The van der Waals surface area contributed by atoms with E-state index >= 15 is 0 Å². The molecule has 0 bridgehead atoms. The molecule has 6 heteroatoms. The Morgan fingerprint density at radius 3 is 2.56 bits per heavy atom. The summed E-state index contributed by atoms with van der Waals surface area (Å²) in [6, 6.07) is 0. The van der Waals surface area contributed by atoms with Gasteiger partial charge in [-0.15, -0.1) is 0 Å². The lowest BCUT2D eigenvalue weighted by Gasteiger charge is -1.97. The van der Waals surface area contributed by atoms with Crippen LogP contribution in [0.2, 0.25) is 0 Å². The van der Waals surface area contributed by atoms with Crippen molar-refractivity contribution in [2.24, 2.45) is 0 Å². The summed E-state index contributed by atoms with van der Waals surface area (Å²) in [6.45, 7) is 3.32. The van der Waals surface area contributed by atoms with Gasteiger partial charge in [0.05, 0.1) is 19.5 Å². The quantitative estimate of drug-likeness (QED) is 0.297. The average molecular weight is 245 g/mol. The van der Waals surface area contributed by atoms with Crippen LogP contribution in [0.25, 0.3) is 0 Å². The van der Waals surface area contributed by atoms with Crippen LogP contribution in [-0.2, 0) is 19.0 Å². The van der Waals surface area contributed by atoms with E-state index in [0.29, 0.717) is 19.9 Å². The largest absolute Gasteiger partial charge is 0.367 e. The van der Waals surface area contributed by atoms with Crippen LogP contribution in [0.5, 0.6) is 0 Å². The molecule has 0 aromatic carbocycles. The molecule has 0 aliphatic carbocycles. The second-order valence-corrected chi connectivity index (χ2v) is 4.28. The first kappa shape index (κ1) is 14.9. The maximum absolute atomic E-state index is 10.5. The Bertz CT molecular complexity index is 394. The highest BCUT2D eigenvalue weighted by molar-refractivity contribution is 7.85. The van der Waals surface area contributed by atoms with E-state index in [1.807, 2.05) is 6.92 Å². The second-order valence-electron chi connectivity index (χ2n) is 2.63. The molecule has 0 saturated carbocycles. The highest BCUT2D eigenvalue weighted by Gasteiger charge is 1.96. The number of hydrogen-bond donors (Lipinski definition) is 1. The molecule has 0 aliphatic rings. The minimum absolute atomic E-state index is 0.167. The van der Waals surface area contributed by atoms with Crippen molar-refractivity contribution < 1.29 is 17.3 Å². The first-order valence-corrected chi connectivity index (χ1v) is 6.46. The lowest BCUT2D eigenvalue weighted by atomic mass is 10.5. The number of nitrogens with one attached hydrogen (secondary N) is 1. The van der Waals surface area contributed by atoms with Gasteiger partial charge in [-0.1, -0.05) is 11.8 Å². The van der Waals surface area contributed by atoms with Gasteiger partial charge in [-0.25, -0.2) is 0 Å². The Balaban J connectivity index is 3.56. The van der Waals surface area contributed by atoms with Gasteiger partial charge in [0.25, 0.3) is 10.1 Å². The molecule has 90 valence electrons. The van der Waals surface area contributed by atoms with E-state index in [9.17, 15) is 8.42 Å². The summed E-state index contributed by atoms with van der Waals surface area (Å²) in [7, 11) is -3.41. The fraction of sp³-hybridized carbons (Fsp3) is 0.600. The molecule has 0 aliphatic heterocycles. The van der Waals surface area contributed by atoms with E-state index in [1.165, 1.54) is 0 Å². The Kier molecular flexibility index (Phi) is 8.59. The highest BCUT2D eigenvalue weighted by Crippen LogP contribution is 1.82. The summed E-state index contributed by atoms with van der Waals surface area (Å²) in [6.07, 6.45) is 0.970. The molecule has 0 spiro atoms. The fourth-order valence-electron chi connectivity index (χ4n) is 0.593. The summed E-state index contributed by atoms with van der Waals surface area (Å²) in [4.78, 5) is 0. The third kappa shape index (κ3) is 12.9. The van der Waals surface area contributed by atoms with Crippen LogP contribution in [-0.4, -0.2) is 41.2 Å². The molecule has 0 atom stereocenters. The van der Waals surface area contributed by atoms with Crippen LogP contribution in [0, 0.1) is 23.7 Å². The van der Waals surface area contributed by atoms with E-state index in [1.54, 1.807) is 0 Å². The van der Waals surface area contributed by atoms with Crippen molar-refractivity contribution in [1.82, 2.24) is 5.32 Å². The first-order valence-electron chi connectivity index (χ1n) is 4.65. The summed E-state index contributed by atoms with van der Waals surface area (Å²) >= 11 is 0. The van der Waals surface area contributed by atoms with Crippen LogP contribution < -0.4 is 5.32 Å². The molecule has 0 radical (unpaired) electrons. The van der Waals surface area contributed by atoms with Crippen molar-refractivity contribution in [1.29, 1.82) is 0 Å². The van der Waals surface area contributed by atoms with E-state index in [0.717, 1.165) is 6.26 Å². The molecule has 0 fully saturated rings. The summed E-state index contributed by atoms with van der Waals surface area (Å²) in [5.41, 5.74) is 0. The minimum Gasteiger partial charge on any atom is -0.367 e. The van der Waals surface area contributed by atoms with Crippen molar-refractivity contribution in [3.05, 3.63) is 0 Å². The smallest absolute Gasteiger partial charge is 0.265 e. The summed E-state index contributed by atoms with van der Waals surface area (Å²) in [5, 5.41) is 2.91. The third-order valence-electron chi connectivity index (χ3n) is 1.21. The Labute approximate surface area is 96.6 Å². The molecular weight excluding hydrogens is 230 g/mol. The Hall–Kier alpha value is -1.05. The van der Waals surface area contributed by atoms with Gasteiger partial charge in [-0.3, -0.25) is 9.50 Å². The minimum atomic E-state index is -3.41. The van der Waals surface area contributed by atoms with Gasteiger partial charge in [0, 0.05) is 6.61 Å². The van der Waals surface area contributed by atoms with Gasteiger partial charge in [0.1, 0.15) is 6.61 Å². The lowest BCUT2D eigenvalue weighted by molar-refractivity contribution is 0.132. The molecule has 0 unspecified atom stereocenters. The molecule has 0 heterocycles. The fourth-order valence-corrected chi connectivity index (χ4v) is 0.866. The lowest BCUT2D eigenvalue weighted by Crippen LogP contribution is -2.17. The first-order chi connectivity index (χ1) is 7.56. The molecule has 1 N–H and O–H groups in total. The van der Waals surface area contributed by atoms with Crippen LogP contribution in [0.3, 0.4) is 0 Å². The van der Waals surface area contributed by atoms with Crippen molar-refractivity contribution in [3.63, 3.8) is 0 Å². The summed E-state index contributed by atoms with van der Waals surface area (Å²) in [5.74, 6) is 10.2. The van der Waals surface area contributed by atoms with Gasteiger partial charge in [0.2, 0.25) is 0 Å². The topological polar surface area (TPSA) is 64.6 Å². The van der Waals surface area contributed by atoms with E-state index in [2.05, 4.69) is 33.2 Å².